The average Bonchev–Trinajstić information content (AvgIpc) is 3.09. The molecule has 2 aromatic carbocycles. The van der Waals surface area contributed by atoms with E-state index in [1.165, 1.54) is 17.7 Å². The lowest BCUT2D eigenvalue weighted by Crippen LogP contribution is -2.49. The highest BCUT2D eigenvalue weighted by atomic mass is 19.1. The number of amides is 2. The molecule has 2 amide bonds. The van der Waals surface area contributed by atoms with E-state index >= 15 is 0 Å². The second kappa shape index (κ2) is 8.09. The van der Waals surface area contributed by atoms with Crippen LogP contribution in [0, 0.1) is 5.82 Å². The summed E-state index contributed by atoms with van der Waals surface area (Å²) >= 11 is 0. The van der Waals surface area contributed by atoms with E-state index in [9.17, 15) is 9.18 Å². The number of nitrogens with zero attached hydrogens (tertiary/aromatic N) is 3. The predicted molar refractivity (Wildman–Crippen MR) is 105 cm³/mol. The Morgan fingerprint density at radius 3 is 2.67 bits per heavy atom. The summed E-state index contributed by atoms with van der Waals surface area (Å²) in [5.74, 6) is -0.302. The number of piperidine rings is 1. The molecule has 0 N–H and O–H groups in total. The number of halogens is 1. The molecule has 2 aliphatic rings. The van der Waals surface area contributed by atoms with Gasteiger partial charge in [-0.2, -0.15) is 0 Å². The summed E-state index contributed by atoms with van der Waals surface area (Å²) in [6, 6.07) is 17.1. The van der Waals surface area contributed by atoms with E-state index in [2.05, 4.69) is 29.2 Å². The standard InChI is InChI=1S/C22H26FN3O/c23-19-8-4-9-20(16-19)25-14-15-26(22(25)27)21-10-5-12-24(17-21)13-11-18-6-2-1-3-7-18/h1-4,6-9,16,21H,5,10-15,17H2/t21-/m1/s1. The Bertz CT molecular complexity index is 782. The average molecular weight is 367 g/mol. The number of hydrogen-bond acceptors (Lipinski definition) is 2. The van der Waals surface area contributed by atoms with Crippen LogP contribution in [0.5, 0.6) is 0 Å². The first-order valence-corrected chi connectivity index (χ1v) is 9.81. The molecule has 4 nitrogen and oxygen atoms in total. The molecular weight excluding hydrogens is 341 g/mol. The molecule has 2 fully saturated rings. The first kappa shape index (κ1) is 18.0. The van der Waals surface area contributed by atoms with Crippen LogP contribution < -0.4 is 4.90 Å². The van der Waals surface area contributed by atoms with Crippen LogP contribution in [-0.4, -0.2) is 54.6 Å². The van der Waals surface area contributed by atoms with Gasteiger partial charge < -0.3 is 9.80 Å². The third-order valence-corrected chi connectivity index (χ3v) is 5.64. The number of rotatable bonds is 5. The Hall–Kier alpha value is -2.40. The molecular formula is C22H26FN3O. The summed E-state index contributed by atoms with van der Waals surface area (Å²) in [4.78, 5) is 19.1. The van der Waals surface area contributed by atoms with Crippen LogP contribution in [0.3, 0.4) is 0 Å². The summed E-state index contributed by atoms with van der Waals surface area (Å²) in [6.45, 7) is 4.39. The Morgan fingerprint density at radius 1 is 1.00 bits per heavy atom. The summed E-state index contributed by atoms with van der Waals surface area (Å²) in [5.41, 5.74) is 2.01. The fourth-order valence-corrected chi connectivity index (χ4v) is 4.20. The maximum absolute atomic E-state index is 13.5. The predicted octanol–water partition coefficient (Wildman–Crippen LogP) is 3.77. The molecule has 0 saturated carbocycles. The topological polar surface area (TPSA) is 26.8 Å². The van der Waals surface area contributed by atoms with Gasteiger partial charge in [0.2, 0.25) is 0 Å². The van der Waals surface area contributed by atoms with Crippen molar-refractivity contribution in [1.29, 1.82) is 0 Å². The van der Waals surface area contributed by atoms with Gasteiger partial charge in [-0.1, -0.05) is 36.4 Å². The second-order valence-electron chi connectivity index (χ2n) is 7.44. The van der Waals surface area contributed by atoms with Gasteiger partial charge in [-0.25, -0.2) is 9.18 Å². The molecule has 27 heavy (non-hydrogen) atoms. The molecule has 0 aliphatic carbocycles. The highest BCUT2D eigenvalue weighted by Gasteiger charge is 2.36. The van der Waals surface area contributed by atoms with Gasteiger partial charge in [0.15, 0.2) is 0 Å². The van der Waals surface area contributed by atoms with Crippen LogP contribution in [0.1, 0.15) is 18.4 Å². The lowest BCUT2D eigenvalue weighted by Gasteiger charge is -2.37. The summed E-state index contributed by atoms with van der Waals surface area (Å²) < 4.78 is 13.5. The van der Waals surface area contributed by atoms with Gasteiger partial charge >= 0.3 is 6.03 Å². The summed E-state index contributed by atoms with van der Waals surface area (Å²) in [5, 5.41) is 0. The van der Waals surface area contributed by atoms with Crippen LogP contribution in [0.4, 0.5) is 14.9 Å². The van der Waals surface area contributed by atoms with E-state index < -0.39 is 0 Å². The quantitative estimate of drug-likeness (QED) is 0.804. The highest BCUT2D eigenvalue weighted by Crippen LogP contribution is 2.25. The van der Waals surface area contributed by atoms with E-state index in [1.807, 2.05) is 11.0 Å². The smallest absolute Gasteiger partial charge is 0.318 e. The fourth-order valence-electron chi connectivity index (χ4n) is 4.20. The number of likely N-dealkylation sites (tertiary alicyclic amines) is 1. The largest absolute Gasteiger partial charge is 0.324 e. The van der Waals surface area contributed by atoms with Gasteiger partial charge in [0, 0.05) is 37.9 Å². The SMILES string of the molecule is O=C1N(c2cccc(F)c2)CCN1[C@@H]1CCCN(CCc2ccccc2)C1. The van der Waals surface area contributed by atoms with Crippen LogP contribution >= 0.6 is 0 Å². The van der Waals surface area contributed by atoms with Gasteiger partial charge in [-0.15, -0.1) is 0 Å². The Labute approximate surface area is 160 Å². The number of hydrogen-bond donors (Lipinski definition) is 0. The monoisotopic (exact) mass is 367 g/mol. The Morgan fingerprint density at radius 2 is 1.85 bits per heavy atom. The molecule has 5 heteroatoms. The van der Waals surface area contributed by atoms with Crippen molar-refractivity contribution in [3.63, 3.8) is 0 Å². The maximum atomic E-state index is 13.5. The molecule has 2 aromatic rings. The van der Waals surface area contributed by atoms with Crippen molar-refractivity contribution in [3.8, 4) is 0 Å². The van der Waals surface area contributed by atoms with E-state index in [0.29, 0.717) is 18.8 Å². The number of carbonyl (C=O) groups excluding carboxylic acids is 1. The molecule has 0 unspecified atom stereocenters. The maximum Gasteiger partial charge on any atom is 0.324 e. The molecule has 0 aromatic heterocycles. The molecule has 142 valence electrons. The molecule has 0 bridgehead atoms. The van der Waals surface area contributed by atoms with Gasteiger partial charge in [-0.05, 0) is 49.6 Å². The third-order valence-electron chi connectivity index (χ3n) is 5.64. The number of anilines is 1. The molecule has 4 rings (SSSR count). The van der Waals surface area contributed by atoms with Crippen LogP contribution in [0.2, 0.25) is 0 Å². The number of benzene rings is 2. The zero-order chi connectivity index (χ0) is 18.6. The molecule has 1 atom stereocenters. The van der Waals surface area contributed by atoms with Gasteiger partial charge in [0.05, 0.1) is 0 Å². The number of urea groups is 1. The minimum absolute atomic E-state index is 0.00973. The van der Waals surface area contributed by atoms with E-state index in [4.69, 9.17) is 0 Å². The minimum atomic E-state index is -0.302. The zero-order valence-corrected chi connectivity index (χ0v) is 15.6. The van der Waals surface area contributed by atoms with Crippen molar-refractivity contribution < 1.29 is 9.18 Å². The zero-order valence-electron chi connectivity index (χ0n) is 15.6. The molecule has 0 spiro atoms. The lowest BCUT2D eigenvalue weighted by molar-refractivity contribution is 0.128. The van der Waals surface area contributed by atoms with Crippen molar-refractivity contribution in [3.05, 3.63) is 66.0 Å². The first-order valence-electron chi connectivity index (χ1n) is 9.81. The fraction of sp³-hybridized carbons (Fsp3) is 0.409. The lowest BCUT2D eigenvalue weighted by atomic mass is 10.0. The molecule has 2 heterocycles. The molecule has 0 radical (unpaired) electrons. The molecule has 2 saturated heterocycles. The van der Waals surface area contributed by atoms with Crippen LogP contribution in [0.25, 0.3) is 0 Å². The summed E-state index contributed by atoms with van der Waals surface area (Å²) in [7, 11) is 0. The minimum Gasteiger partial charge on any atom is -0.318 e. The first-order chi connectivity index (χ1) is 13.2. The Balaban J connectivity index is 1.36. The van der Waals surface area contributed by atoms with Crippen LogP contribution in [-0.2, 0) is 6.42 Å². The van der Waals surface area contributed by atoms with Crippen molar-refractivity contribution in [2.45, 2.75) is 25.3 Å². The number of carbonyl (C=O) groups is 1. The van der Waals surface area contributed by atoms with E-state index in [1.54, 1.807) is 17.0 Å². The highest BCUT2D eigenvalue weighted by molar-refractivity contribution is 5.94. The normalized spacial score (nSPS) is 21.1. The Kier molecular flexibility index (Phi) is 5.39. The van der Waals surface area contributed by atoms with Gasteiger partial charge in [-0.3, -0.25) is 4.90 Å². The second-order valence-corrected chi connectivity index (χ2v) is 7.44. The summed E-state index contributed by atoms with van der Waals surface area (Å²) in [6.07, 6.45) is 3.20. The van der Waals surface area contributed by atoms with Gasteiger partial charge in [0.1, 0.15) is 5.82 Å². The van der Waals surface area contributed by atoms with E-state index in [0.717, 1.165) is 38.9 Å². The van der Waals surface area contributed by atoms with Gasteiger partial charge in [0.25, 0.3) is 0 Å². The van der Waals surface area contributed by atoms with Crippen molar-refractivity contribution in [2.75, 3.05) is 37.6 Å². The molecule has 2 aliphatic heterocycles. The van der Waals surface area contributed by atoms with E-state index in [-0.39, 0.29) is 17.9 Å². The van der Waals surface area contributed by atoms with Crippen molar-refractivity contribution in [1.82, 2.24) is 9.80 Å². The van der Waals surface area contributed by atoms with Crippen molar-refractivity contribution >= 4 is 11.7 Å². The third kappa shape index (κ3) is 4.14. The van der Waals surface area contributed by atoms with Crippen molar-refractivity contribution in [2.24, 2.45) is 0 Å². The van der Waals surface area contributed by atoms with Crippen LogP contribution in [0.15, 0.2) is 54.6 Å².